The second kappa shape index (κ2) is 1.10. The minimum absolute atomic E-state index is 0.0556. The molecular weight excluding hydrogens is 100 g/mol. The molecule has 0 aliphatic heterocycles. The van der Waals surface area contributed by atoms with Crippen molar-refractivity contribution in [1.82, 2.24) is 0 Å². The Morgan fingerprint density at radius 2 is 2.38 bits per heavy atom. The van der Waals surface area contributed by atoms with Gasteiger partial charge in [-0.2, -0.15) is 0 Å². The average molecular weight is 112 g/mol. The molecule has 0 aromatic rings. The minimum atomic E-state index is 0.0556. The molecule has 2 fully saturated rings. The fraction of sp³-hybridized carbons (Fsp3) is 1.00. The fourth-order valence-corrected chi connectivity index (χ4v) is 2.01. The summed E-state index contributed by atoms with van der Waals surface area (Å²) < 4.78 is 0. The van der Waals surface area contributed by atoms with E-state index in [2.05, 4.69) is 6.92 Å². The van der Waals surface area contributed by atoms with Crippen LogP contribution in [0.4, 0.5) is 0 Å². The topological polar surface area (TPSA) is 20.2 Å². The standard InChI is InChI=1S/C7H12O/c1-7-3-2-6(8)5(7)4-7/h5-6,8H,2-4H2,1H3/t5-,6+,7-/m0/s1. The highest BCUT2D eigenvalue weighted by atomic mass is 16.3. The molecule has 8 heavy (non-hydrogen) atoms. The molecule has 1 heteroatoms. The largest absolute Gasteiger partial charge is 0.393 e. The second-order valence-electron chi connectivity index (χ2n) is 3.57. The van der Waals surface area contributed by atoms with Crippen LogP contribution in [0.5, 0.6) is 0 Å². The van der Waals surface area contributed by atoms with Gasteiger partial charge in [0.2, 0.25) is 0 Å². The number of aliphatic hydroxyl groups is 1. The lowest BCUT2D eigenvalue weighted by molar-refractivity contribution is 0.158. The summed E-state index contributed by atoms with van der Waals surface area (Å²) in [5, 5.41) is 9.20. The molecule has 2 rings (SSSR count). The molecule has 0 saturated heterocycles. The van der Waals surface area contributed by atoms with Crippen LogP contribution in [0.1, 0.15) is 26.2 Å². The molecular formula is C7H12O. The molecule has 1 N–H and O–H groups in total. The van der Waals surface area contributed by atoms with Gasteiger partial charge in [-0.25, -0.2) is 0 Å². The molecule has 0 aromatic heterocycles. The van der Waals surface area contributed by atoms with Crippen molar-refractivity contribution in [3.05, 3.63) is 0 Å². The lowest BCUT2D eigenvalue weighted by Gasteiger charge is -1.98. The first kappa shape index (κ1) is 4.80. The fourth-order valence-electron chi connectivity index (χ4n) is 2.01. The predicted octanol–water partition coefficient (Wildman–Crippen LogP) is 1.17. The van der Waals surface area contributed by atoms with E-state index < -0.39 is 0 Å². The zero-order valence-corrected chi connectivity index (χ0v) is 5.22. The van der Waals surface area contributed by atoms with Crippen molar-refractivity contribution in [2.45, 2.75) is 32.3 Å². The van der Waals surface area contributed by atoms with E-state index in [0.29, 0.717) is 11.3 Å². The molecule has 0 radical (unpaired) electrons. The molecule has 0 spiro atoms. The van der Waals surface area contributed by atoms with E-state index in [1.54, 1.807) is 0 Å². The van der Waals surface area contributed by atoms with Crippen molar-refractivity contribution in [1.29, 1.82) is 0 Å². The molecule has 0 heterocycles. The maximum absolute atomic E-state index is 9.20. The minimum Gasteiger partial charge on any atom is -0.393 e. The van der Waals surface area contributed by atoms with Gasteiger partial charge < -0.3 is 5.11 Å². The summed E-state index contributed by atoms with van der Waals surface area (Å²) in [4.78, 5) is 0. The molecule has 0 unspecified atom stereocenters. The highest BCUT2D eigenvalue weighted by Crippen LogP contribution is 2.62. The van der Waals surface area contributed by atoms with Crippen LogP contribution in [0.15, 0.2) is 0 Å². The monoisotopic (exact) mass is 112 g/mol. The third kappa shape index (κ3) is 0.408. The van der Waals surface area contributed by atoms with Crippen molar-refractivity contribution < 1.29 is 5.11 Å². The normalized spacial score (nSPS) is 60.8. The Bertz CT molecular complexity index is 122. The maximum atomic E-state index is 9.20. The molecule has 1 nitrogen and oxygen atoms in total. The zero-order chi connectivity index (χ0) is 5.78. The molecule has 0 aromatic carbocycles. The van der Waals surface area contributed by atoms with Crippen LogP contribution >= 0.6 is 0 Å². The molecule has 0 bridgehead atoms. The summed E-state index contributed by atoms with van der Waals surface area (Å²) in [7, 11) is 0. The van der Waals surface area contributed by atoms with Gasteiger partial charge in [0.05, 0.1) is 6.10 Å². The third-order valence-electron chi connectivity index (χ3n) is 2.90. The van der Waals surface area contributed by atoms with Crippen LogP contribution in [0.25, 0.3) is 0 Å². The van der Waals surface area contributed by atoms with Crippen LogP contribution in [0.3, 0.4) is 0 Å². The van der Waals surface area contributed by atoms with Crippen LogP contribution < -0.4 is 0 Å². The highest BCUT2D eigenvalue weighted by Gasteiger charge is 2.57. The van der Waals surface area contributed by atoms with Crippen molar-refractivity contribution >= 4 is 0 Å². The van der Waals surface area contributed by atoms with E-state index in [0.717, 1.165) is 6.42 Å². The van der Waals surface area contributed by atoms with E-state index in [1.807, 2.05) is 0 Å². The van der Waals surface area contributed by atoms with Gasteiger partial charge in [-0.05, 0) is 30.6 Å². The summed E-state index contributed by atoms with van der Waals surface area (Å²) in [6.45, 7) is 2.29. The predicted molar refractivity (Wildman–Crippen MR) is 31.5 cm³/mol. The Kier molecular flexibility index (Phi) is 0.663. The first-order valence-electron chi connectivity index (χ1n) is 3.40. The van der Waals surface area contributed by atoms with Crippen LogP contribution in [-0.2, 0) is 0 Å². The number of hydrogen-bond donors (Lipinski definition) is 1. The van der Waals surface area contributed by atoms with Gasteiger partial charge in [0.25, 0.3) is 0 Å². The van der Waals surface area contributed by atoms with Crippen LogP contribution in [-0.4, -0.2) is 11.2 Å². The molecule has 0 amide bonds. The quantitative estimate of drug-likeness (QED) is 0.498. The van der Waals surface area contributed by atoms with Gasteiger partial charge >= 0.3 is 0 Å². The first-order chi connectivity index (χ1) is 3.72. The van der Waals surface area contributed by atoms with E-state index in [9.17, 15) is 5.11 Å². The van der Waals surface area contributed by atoms with E-state index >= 15 is 0 Å². The number of fused-ring (bicyclic) bond motifs is 1. The molecule has 2 aliphatic rings. The number of rotatable bonds is 0. The van der Waals surface area contributed by atoms with Crippen molar-refractivity contribution in [3.63, 3.8) is 0 Å². The Morgan fingerprint density at radius 1 is 1.62 bits per heavy atom. The van der Waals surface area contributed by atoms with Crippen molar-refractivity contribution in [2.24, 2.45) is 11.3 Å². The summed E-state index contributed by atoms with van der Waals surface area (Å²) in [5.74, 6) is 0.683. The summed E-state index contributed by atoms with van der Waals surface area (Å²) in [5.41, 5.74) is 0.583. The van der Waals surface area contributed by atoms with Gasteiger partial charge in [0, 0.05) is 0 Å². The van der Waals surface area contributed by atoms with E-state index in [1.165, 1.54) is 12.8 Å². The summed E-state index contributed by atoms with van der Waals surface area (Å²) >= 11 is 0. The zero-order valence-electron chi connectivity index (χ0n) is 5.22. The van der Waals surface area contributed by atoms with Crippen molar-refractivity contribution in [3.8, 4) is 0 Å². The second-order valence-corrected chi connectivity index (χ2v) is 3.57. The summed E-state index contributed by atoms with van der Waals surface area (Å²) in [6.07, 6.45) is 3.66. The Labute approximate surface area is 49.7 Å². The van der Waals surface area contributed by atoms with E-state index in [4.69, 9.17) is 0 Å². The Hall–Kier alpha value is -0.0400. The number of aliphatic hydroxyl groups excluding tert-OH is 1. The lowest BCUT2D eigenvalue weighted by Crippen LogP contribution is -2.02. The lowest BCUT2D eigenvalue weighted by atomic mass is 10.1. The number of hydrogen-bond acceptors (Lipinski definition) is 1. The first-order valence-corrected chi connectivity index (χ1v) is 3.40. The van der Waals surface area contributed by atoms with Gasteiger partial charge in [-0.1, -0.05) is 6.92 Å². The average Bonchev–Trinajstić information content (AvgIpc) is 2.32. The Balaban J connectivity index is 2.15. The van der Waals surface area contributed by atoms with Gasteiger partial charge in [0.15, 0.2) is 0 Å². The van der Waals surface area contributed by atoms with Gasteiger partial charge in [0.1, 0.15) is 0 Å². The molecule has 2 aliphatic carbocycles. The SMILES string of the molecule is C[C@@]12CC[C@@H](O)[C@@H]1C2. The summed E-state index contributed by atoms with van der Waals surface area (Å²) in [6, 6.07) is 0. The Morgan fingerprint density at radius 3 is 2.50 bits per heavy atom. The van der Waals surface area contributed by atoms with Gasteiger partial charge in [-0.3, -0.25) is 0 Å². The third-order valence-corrected chi connectivity index (χ3v) is 2.90. The molecule has 2 saturated carbocycles. The van der Waals surface area contributed by atoms with Crippen LogP contribution in [0, 0.1) is 11.3 Å². The van der Waals surface area contributed by atoms with E-state index in [-0.39, 0.29) is 6.10 Å². The van der Waals surface area contributed by atoms with Gasteiger partial charge in [-0.15, -0.1) is 0 Å². The smallest absolute Gasteiger partial charge is 0.0574 e. The van der Waals surface area contributed by atoms with Crippen molar-refractivity contribution in [2.75, 3.05) is 0 Å². The van der Waals surface area contributed by atoms with Crippen LogP contribution in [0.2, 0.25) is 0 Å². The maximum Gasteiger partial charge on any atom is 0.0574 e. The molecule has 3 atom stereocenters. The molecule has 46 valence electrons. The highest BCUT2D eigenvalue weighted by molar-refractivity contribution is 5.07.